The second-order valence-electron chi connectivity index (χ2n) is 4.06. The van der Waals surface area contributed by atoms with Gasteiger partial charge in [-0.15, -0.1) is 0 Å². The van der Waals surface area contributed by atoms with Crippen LogP contribution in [0.15, 0.2) is 24.3 Å². The monoisotopic (exact) mass is 248 g/mol. The zero-order valence-electron chi connectivity index (χ0n) is 9.53. The summed E-state index contributed by atoms with van der Waals surface area (Å²) in [6.45, 7) is 1.91. The summed E-state index contributed by atoms with van der Waals surface area (Å²) < 4.78 is 0. The van der Waals surface area contributed by atoms with Gasteiger partial charge in [-0.3, -0.25) is 9.78 Å². The number of aromatic nitrogens is 1. The zero-order chi connectivity index (χ0) is 12.4. The van der Waals surface area contributed by atoms with Gasteiger partial charge in [0.15, 0.2) is 0 Å². The van der Waals surface area contributed by atoms with Crippen LogP contribution >= 0.6 is 11.6 Å². The number of fused-ring (bicyclic) bond motifs is 1. The molecule has 0 aliphatic heterocycles. The number of pyridine rings is 1. The van der Waals surface area contributed by atoms with E-state index in [9.17, 15) is 4.79 Å². The van der Waals surface area contributed by atoms with Crippen LogP contribution in [0.4, 0.5) is 0 Å². The van der Waals surface area contributed by atoms with E-state index in [1.165, 1.54) is 0 Å². The molecule has 1 heterocycles. The van der Waals surface area contributed by atoms with Crippen LogP contribution in [0.1, 0.15) is 17.7 Å². The van der Waals surface area contributed by atoms with Crippen LogP contribution < -0.4 is 5.73 Å². The average Bonchev–Trinajstić information content (AvgIpc) is 2.26. The minimum atomic E-state index is -0.293. The SMILES string of the molecule is Cc1cc(Cl)c2cc(CCC(N)=O)ccc2n1. The molecule has 0 radical (unpaired) electrons. The van der Waals surface area contributed by atoms with Gasteiger partial charge in [0.25, 0.3) is 0 Å². The van der Waals surface area contributed by atoms with Crippen LogP contribution in [-0.4, -0.2) is 10.9 Å². The number of nitrogens with two attached hydrogens (primary N) is 1. The molecule has 4 heteroatoms. The van der Waals surface area contributed by atoms with E-state index < -0.39 is 0 Å². The van der Waals surface area contributed by atoms with Gasteiger partial charge in [0.1, 0.15) is 0 Å². The molecular weight excluding hydrogens is 236 g/mol. The first-order valence-corrected chi connectivity index (χ1v) is 5.78. The van der Waals surface area contributed by atoms with Gasteiger partial charge in [-0.05, 0) is 37.1 Å². The van der Waals surface area contributed by atoms with Crippen molar-refractivity contribution in [3.63, 3.8) is 0 Å². The summed E-state index contributed by atoms with van der Waals surface area (Å²) in [5.41, 5.74) is 7.94. The first-order valence-electron chi connectivity index (χ1n) is 5.40. The number of carbonyl (C=O) groups is 1. The summed E-state index contributed by atoms with van der Waals surface area (Å²) in [4.78, 5) is 15.1. The number of hydrogen-bond acceptors (Lipinski definition) is 2. The van der Waals surface area contributed by atoms with Crippen LogP contribution in [0, 0.1) is 6.92 Å². The highest BCUT2D eigenvalue weighted by atomic mass is 35.5. The standard InChI is InChI=1S/C13H13ClN2O/c1-8-6-11(14)10-7-9(3-5-13(15)17)2-4-12(10)16-8/h2,4,6-7H,3,5H2,1H3,(H2,15,17). The Balaban J connectivity index is 2.40. The largest absolute Gasteiger partial charge is 0.370 e. The molecule has 2 aromatic rings. The Bertz CT molecular complexity index is 581. The van der Waals surface area contributed by atoms with Crippen molar-refractivity contribution in [2.45, 2.75) is 19.8 Å². The molecule has 0 saturated heterocycles. The number of amides is 1. The van der Waals surface area contributed by atoms with E-state index in [-0.39, 0.29) is 5.91 Å². The van der Waals surface area contributed by atoms with Gasteiger partial charge in [-0.2, -0.15) is 0 Å². The second kappa shape index (κ2) is 4.72. The maximum atomic E-state index is 10.7. The normalized spacial score (nSPS) is 10.7. The van der Waals surface area contributed by atoms with Crippen LogP contribution in [0.5, 0.6) is 0 Å². The van der Waals surface area contributed by atoms with Gasteiger partial charge in [-0.25, -0.2) is 0 Å². The van der Waals surface area contributed by atoms with E-state index in [1.807, 2.05) is 31.2 Å². The van der Waals surface area contributed by atoms with Crippen LogP contribution in [0.25, 0.3) is 10.9 Å². The first-order chi connectivity index (χ1) is 8.06. The number of nitrogens with zero attached hydrogens (tertiary/aromatic N) is 1. The molecule has 0 saturated carbocycles. The Morgan fingerprint density at radius 2 is 2.18 bits per heavy atom. The van der Waals surface area contributed by atoms with E-state index >= 15 is 0 Å². The van der Waals surface area contributed by atoms with Crippen molar-refractivity contribution in [1.29, 1.82) is 0 Å². The molecule has 0 aliphatic rings. The van der Waals surface area contributed by atoms with Crippen LogP contribution in [0.2, 0.25) is 5.02 Å². The highest BCUT2D eigenvalue weighted by Crippen LogP contribution is 2.24. The third-order valence-electron chi connectivity index (χ3n) is 2.61. The summed E-state index contributed by atoms with van der Waals surface area (Å²) in [7, 11) is 0. The highest BCUT2D eigenvalue weighted by Gasteiger charge is 2.04. The molecule has 0 bridgehead atoms. The Morgan fingerprint density at radius 1 is 1.41 bits per heavy atom. The quantitative estimate of drug-likeness (QED) is 0.908. The van der Waals surface area contributed by atoms with E-state index in [2.05, 4.69) is 4.98 Å². The molecule has 1 aromatic carbocycles. The number of rotatable bonds is 3. The zero-order valence-corrected chi connectivity index (χ0v) is 10.3. The summed E-state index contributed by atoms with van der Waals surface area (Å²) in [5, 5.41) is 1.60. The molecule has 1 aromatic heterocycles. The molecule has 0 aliphatic carbocycles. The number of benzene rings is 1. The lowest BCUT2D eigenvalue weighted by Gasteiger charge is -2.05. The minimum Gasteiger partial charge on any atom is -0.370 e. The topological polar surface area (TPSA) is 56.0 Å². The molecule has 0 spiro atoms. The van der Waals surface area contributed by atoms with E-state index in [4.69, 9.17) is 17.3 Å². The third kappa shape index (κ3) is 2.74. The number of carbonyl (C=O) groups excluding carboxylic acids is 1. The van der Waals surface area contributed by atoms with Crippen LogP contribution in [0.3, 0.4) is 0 Å². The lowest BCUT2D eigenvalue weighted by molar-refractivity contribution is -0.117. The van der Waals surface area contributed by atoms with Crippen molar-refractivity contribution in [3.05, 3.63) is 40.5 Å². The number of primary amides is 1. The fourth-order valence-corrected chi connectivity index (χ4v) is 2.09. The fraction of sp³-hybridized carbons (Fsp3) is 0.231. The lowest BCUT2D eigenvalue weighted by Crippen LogP contribution is -2.11. The molecule has 1 amide bonds. The Kier molecular flexibility index (Phi) is 3.29. The molecular formula is C13H13ClN2O. The first kappa shape index (κ1) is 11.9. The number of aryl methyl sites for hydroxylation is 2. The van der Waals surface area contributed by atoms with Crippen LogP contribution in [-0.2, 0) is 11.2 Å². The van der Waals surface area contributed by atoms with Gasteiger partial charge in [0, 0.05) is 17.5 Å². The predicted octanol–water partition coefficient (Wildman–Crippen LogP) is 2.61. The molecule has 88 valence electrons. The average molecular weight is 249 g/mol. The molecule has 0 unspecified atom stereocenters. The number of hydrogen-bond donors (Lipinski definition) is 1. The van der Waals surface area contributed by atoms with E-state index in [1.54, 1.807) is 0 Å². The Hall–Kier alpha value is -1.61. The molecule has 0 atom stereocenters. The Labute approximate surface area is 105 Å². The lowest BCUT2D eigenvalue weighted by atomic mass is 10.1. The molecule has 2 rings (SSSR count). The predicted molar refractivity (Wildman–Crippen MR) is 69.0 cm³/mol. The van der Waals surface area contributed by atoms with Crippen molar-refractivity contribution in [2.24, 2.45) is 5.73 Å². The van der Waals surface area contributed by atoms with Gasteiger partial charge < -0.3 is 5.73 Å². The fourth-order valence-electron chi connectivity index (χ4n) is 1.78. The van der Waals surface area contributed by atoms with Crippen molar-refractivity contribution in [1.82, 2.24) is 4.98 Å². The maximum Gasteiger partial charge on any atom is 0.217 e. The van der Waals surface area contributed by atoms with Gasteiger partial charge in [0.2, 0.25) is 5.91 Å². The van der Waals surface area contributed by atoms with Crippen molar-refractivity contribution >= 4 is 28.4 Å². The van der Waals surface area contributed by atoms with E-state index in [0.29, 0.717) is 17.9 Å². The smallest absolute Gasteiger partial charge is 0.217 e. The van der Waals surface area contributed by atoms with E-state index in [0.717, 1.165) is 22.2 Å². The summed E-state index contributed by atoms with van der Waals surface area (Å²) in [6, 6.07) is 7.67. The van der Waals surface area contributed by atoms with Crippen molar-refractivity contribution in [3.8, 4) is 0 Å². The summed E-state index contributed by atoms with van der Waals surface area (Å²) in [6.07, 6.45) is 0.984. The second-order valence-corrected chi connectivity index (χ2v) is 4.47. The maximum absolute atomic E-state index is 10.7. The molecule has 3 nitrogen and oxygen atoms in total. The molecule has 17 heavy (non-hydrogen) atoms. The third-order valence-corrected chi connectivity index (χ3v) is 2.92. The number of halogens is 1. The molecule has 2 N–H and O–H groups in total. The minimum absolute atomic E-state index is 0.293. The van der Waals surface area contributed by atoms with Crippen molar-refractivity contribution in [2.75, 3.05) is 0 Å². The Morgan fingerprint density at radius 3 is 2.88 bits per heavy atom. The summed E-state index contributed by atoms with van der Waals surface area (Å²) >= 11 is 6.17. The molecule has 0 fully saturated rings. The highest BCUT2D eigenvalue weighted by molar-refractivity contribution is 6.35. The van der Waals surface area contributed by atoms with Gasteiger partial charge in [0.05, 0.1) is 10.5 Å². The van der Waals surface area contributed by atoms with Gasteiger partial charge >= 0.3 is 0 Å². The summed E-state index contributed by atoms with van der Waals surface area (Å²) in [5.74, 6) is -0.293. The van der Waals surface area contributed by atoms with Crippen molar-refractivity contribution < 1.29 is 4.79 Å². The van der Waals surface area contributed by atoms with Gasteiger partial charge in [-0.1, -0.05) is 17.7 Å².